The molecule has 0 saturated heterocycles. The highest BCUT2D eigenvalue weighted by Crippen LogP contribution is 2.29. The van der Waals surface area contributed by atoms with Gasteiger partial charge in [0.2, 0.25) is 11.9 Å². The third kappa shape index (κ3) is 3.88. The molecule has 2 aromatic heterocycles. The van der Waals surface area contributed by atoms with Crippen molar-refractivity contribution in [1.82, 2.24) is 20.3 Å². The second-order valence-corrected chi connectivity index (χ2v) is 6.33. The van der Waals surface area contributed by atoms with Gasteiger partial charge in [-0.05, 0) is 43.4 Å². The summed E-state index contributed by atoms with van der Waals surface area (Å²) in [5.74, 6) is 0.791. The molecule has 0 unspecified atom stereocenters. The smallest absolute Gasteiger partial charge is 0.225 e. The van der Waals surface area contributed by atoms with Crippen LogP contribution in [0.5, 0.6) is 0 Å². The number of pyridine rings is 1. The molecule has 1 atom stereocenters. The zero-order chi connectivity index (χ0) is 16.9. The average Bonchev–Trinajstić information content (AvgIpc) is 2.60. The fourth-order valence-electron chi connectivity index (χ4n) is 2.98. The summed E-state index contributed by atoms with van der Waals surface area (Å²) in [6.07, 6.45) is 9.50. The van der Waals surface area contributed by atoms with E-state index in [4.69, 9.17) is 0 Å². The van der Waals surface area contributed by atoms with Gasteiger partial charge in [-0.25, -0.2) is 9.97 Å². The molecule has 0 bridgehead atoms. The van der Waals surface area contributed by atoms with Crippen molar-refractivity contribution < 1.29 is 4.79 Å². The molecule has 6 heteroatoms. The Balaban J connectivity index is 1.63. The van der Waals surface area contributed by atoms with E-state index in [0.29, 0.717) is 6.42 Å². The van der Waals surface area contributed by atoms with Gasteiger partial charge >= 0.3 is 0 Å². The summed E-state index contributed by atoms with van der Waals surface area (Å²) < 4.78 is 0. The Bertz CT molecular complexity index is 702. The molecule has 1 aliphatic rings. The van der Waals surface area contributed by atoms with Crippen LogP contribution in [0.1, 0.15) is 42.1 Å². The zero-order valence-corrected chi connectivity index (χ0v) is 14.2. The molecular weight excluding hydrogens is 302 g/mol. The van der Waals surface area contributed by atoms with Crippen LogP contribution in [-0.4, -0.2) is 35.0 Å². The maximum atomic E-state index is 12.3. The molecule has 0 fully saturated rings. The lowest BCUT2D eigenvalue weighted by Gasteiger charge is -2.26. The number of fused-ring (bicyclic) bond motifs is 1. The van der Waals surface area contributed by atoms with Crippen LogP contribution in [0.3, 0.4) is 0 Å². The van der Waals surface area contributed by atoms with Crippen molar-refractivity contribution in [3.63, 3.8) is 0 Å². The molecule has 1 aliphatic carbocycles. The predicted octanol–water partition coefficient (Wildman–Crippen LogP) is 2.06. The summed E-state index contributed by atoms with van der Waals surface area (Å²) >= 11 is 0. The van der Waals surface area contributed by atoms with Gasteiger partial charge in [0.15, 0.2) is 0 Å². The number of hydrogen-bond acceptors (Lipinski definition) is 5. The lowest BCUT2D eigenvalue weighted by molar-refractivity contribution is -0.121. The first-order chi connectivity index (χ1) is 11.6. The van der Waals surface area contributed by atoms with Gasteiger partial charge in [0.05, 0.1) is 11.7 Å². The molecule has 0 radical (unpaired) electrons. The highest BCUT2D eigenvalue weighted by molar-refractivity contribution is 5.76. The van der Waals surface area contributed by atoms with E-state index < -0.39 is 0 Å². The Morgan fingerprint density at radius 2 is 2.12 bits per heavy atom. The fraction of sp³-hybridized carbons (Fsp3) is 0.444. The number of rotatable bonds is 5. The average molecular weight is 325 g/mol. The fourth-order valence-corrected chi connectivity index (χ4v) is 2.98. The number of carbonyl (C=O) groups is 1. The van der Waals surface area contributed by atoms with Crippen LogP contribution in [-0.2, 0) is 17.6 Å². The summed E-state index contributed by atoms with van der Waals surface area (Å²) in [5, 5.41) is 3.15. The molecule has 3 rings (SSSR count). The third-order valence-electron chi connectivity index (χ3n) is 4.29. The molecule has 0 saturated carbocycles. The molecular formula is C18H23N5O. The molecule has 1 N–H and O–H groups in total. The molecule has 0 aliphatic heterocycles. The molecule has 0 spiro atoms. The van der Waals surface area contributed by atoms with Crippen LogP contribution >= 0.6 is 0 Å². The number of carbonyl (C=O) groups excluding carboxylic acids is 1. The van der Waals surface area contributed by atoms with Crippen molar-refractivity contribution in [2.75, 3.05) is 19.0 Å². The van der Waals surface area contributed by atoms with Crippen molar-refractivity contribution >= 4 is 11.9 Å². The van der Waals surface area contributed by atoms with Gasteiger partial charge in [0, 0.05) is 44.7 Å². The molecule has 2 aromatic rings. The van der Waals surface area contributed by atoms with Crippen LogP contribution in [0.2, 0.25) is 0 Å². The number of aryl methyl sites for hydroxylation is 2. The van der Waals surface area contributed by atoms with E-state index in [-0.39, 0.29) is 11.9 Å². The topological polar surface area (TPSA) is 71.0 Å². The summed E-state index contributed by atoms with van der Waals surface area (Å²) in [6, 6.07) is 3.91. The number of nitrogens with zero attached hydrogens (tertiary/aromatic N) is 4. The van der Waals surface area contributed by atoms with Crippen molar-refractivity contribution in [3.05, 3.63) is 47.5 Å². The largest absolute Gasteiger partial charge is 0.349 e. The van der Waals surface area contributed by atoms with Crippen molar-refractivity contribution in [1.29, 1.82) is 0 Å². The molecule has 126 valence electrons. The predicted molar refractivity (Wildman–Crippen MR) is 92.7 cm³/mol. The van der Waals surface area contributed by atoms with E-state index in [1.54, 1.807) is 12.4 Å². The van der Waals surface area contributed by atoms with Gasteiger partial charge in [-0.15, -0.1) is 0 Å². The van der Waals surface area contributed by atoms with Gasteiger partial charge in [-0.1, -0.05) is 0 Å². The molecule has 24 heavy (non-hydrogen) atoms. The monoisotopic (exact) mass is 325 g/mol. The number of amides is 1. The number of aromatic nitrogens is 3. The van der Waals surface area contributed by atoms with Gasteiger partial charge in [0.1, 0.15) is 0 Å². The lowest BCUT2D eigenvalue weighted by atomic mass is 9.92. The standard InChI is InChI=1S/C18H23N5O/c1-23(2)18-20-12-14-15(4-3-5-16(14)22-18)21-17(24)7-6-13-8-10-19-11-9-13/h8-12,15H,3-7H2,1-2H3,(H,21,24)/t15-/m0/s1. The first kappa shape index (κ1) is 16.4. The maximum Gasteiger partial charge on any atom is 0.225 e. The second kappa shape index (κ2) is 7.38. The zero-order valence-electron chi connectivity index (χ0n) is 14.2. The van der Waals surface area contributed by atoms with Crippen LogP contribution in [0.25, 0.3) is 0 Å². The first-order valence-corrected chi connectivity index (χ1v) is 8.35. The van der Waals surface area contributed by atoms with Crippen molar-refractivity contribution in [2.45, 2.75) is 38.1 Å². The van der Waals surface area contributed by atoms with E-state index in [9.17, 15) is 4.79 Å². The minimum absolute atomic E-state index is 0.0231. The summed E-state index contributed by atoms with van der Waals surface area (Å²) in [5.41, 5.74) is 3.24. The Hall–Kier alpha value is -2.50. The van der Waals surface area contributed by atoms with E-state index in [2.05, 4.69) is 20.3 Å². The Kier molecular flexibility index (Phi) is 5.03. The molecule has 0 aromatic carbocycles. The summed E-state index contributed by atoms with van der Waals surface area (Å²) in [4.78, 5) is 27.2. The molecule has 2 heterocycles. The van der Waals surface area contributed by atoms with Gasteiger partial charge in [-0.2, -0.15) is 0 Å². The quantitative estimate of drug-likeness (QED) is 0.911. The van der Waals surface area contributed by atoms with Crippen LogP contribution in [0.15, 0.2) is 30.7 Å². The SMILES string of the molecule is CN(C)c1ncc2c(n1)CCC[C@@H]2NC(=O)CCc1ccncc1. The Morgan fingerprint density at radius 1 is 1.33 bits per heavy atom. The Labute approximate surface area is 142 Å². The number of anilines is 1. The normalized spacial score (nSPS) is 16.3. The van der Waals surface area contributed by atoms with E-state index in [1.165, 1.54) is 0 Å². The van der Waals surface area contributed by atoms with E-state index in [1.807, 2.05) is 37.3 Å². The lowest BCUT2D eigenvalue weighted by Crippen LogP contribution is -2.32. The Morgan fingerprint density at radius 3 is 2.88 bits per heavy atom. The minimum Gasteiger partial charge on any atom is -0.349 e. The first-order valence-electron chi connectivity index (χ1n) is 8.35. The van der Waals surface area contributed by atoms with Crippen LogP contribution in [0.4, 0.5) is 5.95 Å². The highest BCUT2D eigenvalue weighted by atomic mass is 16.1. The minimum atomic E-state index is 0.0231. The van der Waals surface area contributed by atoms with Gasteiger partial charge in [0.25, 0.3) is 0 Å². The highest BCUT2D eigenvalue weighted by Gasteiger charge is 2.23. The second-order valence-electron chi connectivity index (χ2n) is 6.33. The van der Waals surface area contributed by atoms with E-state index >= 15 is 0 Å². The maximum absolute atomic E-state index is 12.3. The number of nitrogens with one attached hydrogen (secondary N) is 1. The molecule has 6 nitrogen and oxygen atoms in total. The third-order valence-corrected chi connectivity index (χ3v) is 4.29. The van der Waals surface area contributed by atoms with Crippen molar-refractivity contribution in [3.8, 4) is 0 Å². The summed E-state index contributed by atoms with van der Waals surface area (Å²) in [7, 11) is 3.87. The molecule has 1 amide bonds. The van der Waals surface area contributed by atoms with Gasteiger partial charge in [-0.3, -0.25) is 9.78 Å². The van der Waals surface area contributed by atoms with Crippen LogP contribution in [0, 0.1) is 0 Å². The summed E-state index contributed by atoms with van der Waals surface area (Å²) in [6.45, 7) is 0. The van der Waals surface area contributed by atoms with Gasteiger partial charge < -0.3 is 10.2 Å². The van der Waals surface area contributed by atoms with Crippen LogP contribution < -0.4 is 10.2 Å². The number of hydrogen-bond donors (Lipinski definition) is 1. The van der Waals surface area contributed by atoms with E-state index in [0.717, 1.165) is 48.5 Å². The van der Waals surface area contributed by atoms with Crippen molar-refractivity contribution in [2.24, 2.45) is 0 Å².